The van der Waals surface area contributed by atoms with Crippen molar-refractivity contribution in [3.8, 4) is 16.9 Å². The van der Waals surface area contributed by atoms with E-state index >= 15 is 0 Å². The molecule has 8 nitrogen and oxygen atoms in total. The van der Waals surface area contributed by atoms with Gasteiger partial charge in [-0.05, 0) is 60.0 Å². The highest BCUT2D eigenvalue weighted by atomic mass is 19.4. The fourth-order valence-corrected chi connectivity index (χ4v) is 5.40. The number of nitrogens with one attached hydrogen (secondary N) is 1. The van der Waals surface area contributed by atoms with E-state index in [1.807, 2.05) is 31.2 Å². The summed E-state index contributed by atoms with van der Waals surface area (Å²) in [4.78, 5) is 21.0. The van der Waals surface area contributed by atoms with Gasteiger partial charge in [-0.1, -0.05) is 12.1 Å². The van der Waals surface area contributed by atoms with Gasteiger partial charge in [-0.15, -0.1) is 0 Å². The molecule has 1 aromatic heterocycles. The number of carbonyl (C=O) groups excluding carboxylic acids is 1. The van der Waals surface area contributed by atoms with Gasteiger partial charge in [0.25, 0.3) is 5.91 Å². The number of rotatable bonds is 4. The number of aromatic nitrogens is 1. The van der Waals surface area contributed by atoms with Crippen molar-refractivity contribution in [1.29, 1.82) is 0 Å². The van der Waals surface area contributed by atoms with Crippen LogP contribution >= 0.6 is 0 Å². The minimum atomic E-state index is -4.65. The van der Waals surface area contributed by atoms with E-state index in [1.165, 1.54) is 6.07 Å². The zero-order chi connectivity index (χ0) is 29.3. The molecule has 0 radical (unpaired) electrons. The van der Waals surface area contributed by atoms with Gasteiger partial charge in [0, 0.05) is 36.7 Å². The predicted octanol–water partition coefficient (Wildman–Crippen LogP) is 6.50. The lowest BCUT2D eigenvalue weighted by Crippen LogP contribution is -2.44. The topological polar surface area (TPSA) is 91.3 Å². The molecular formula is C31H30F3N3O5. The lowest BCUT2D eigenvalue weighted by molar-refractivity contribution is -0.141. The Hall–Kier alpha value is -3.96. The highest BCUT2D eigenvalue weighted by Gasteiger charge is 2.40. The smallest absolute Gasteiger partial charge is 0.433 e. The number of aryl methyl sites for hydroxylation is 1. The predicted molar refractivity (Wildman–Crippen MR) is 149 cm³/mol. The molecule has 0 bridgehead atoms. The molecule has 1 amide bonds. The minimum absolute atomic E-state index is 0.0331. The van der Waals surface area contributed by atoms with Crippen LogP contribution in [-0.2, 0) is 20.4 Å². The monoisotopic (exact) mass is 581 g/mol. The van der Waals surface area contributed by atoms with Gasteiger partial charge in [-0.2, -0.15) is 13.2 Å². The van der Waals surface area contributed by atoms with Crippen LogP contribution in [0.2, 0.25) is 0 Å². The van der Waals surface area contributed by atoms with E-state index in [0.717, 1.165) is 35.4 Å². The molecule has 1 atom stereocenters. The van der Waals surface area contributed by atoms with Crippen molar-refractivity contribution in [1.82, 2.24) is 4.98 Å². The summed E-state index contributed by atoms with van der Waals surface area (Å²) in [6, 6.07) is 13.1. The molecular weight excluding hydrogens is 551 g/mol. The van der Waals surface area contributed by atoms with Gasteiger partial charge in [0.05, 0.1) is 32.8 Å². The summed E-state index contributed by atoms with van der Waals surface area (Å²) in [6.45, 7) is 4.32. The van der Waals surface area contributed by atoms with Crippen LogP contribution in [0.15, 0.2) is 59.7 Å². The number of aliphatic imine (C=N–C) groups is 1. The zero-order valence-corrected chi connectivity index (χ0v) is 23.0. The third kappa shape index (κ3) is 6.12. The van der Waals surface area contributed by atoms with Crippen molar-refractivity contribution in [2.24, 2.45) is 4.99 Å². The number of ether oxygens (including phenoxy) is 4. The van der Waals surface area contributed by atoms with Crippen molar-refractivity contribution in [2.75, 3.05) is 31.7 Å². The summed E-state index contributed by atoms with van der Waals surface area (Å²) >= 11 is 0. The standard InChI is InChI=1S/C31H30F3N3O5/c1-19-2-4-22(36-29(38)21-6-10-35-27(15-21)31(32,33)34)16-24(19)20-3-5-25-26(14-20)42-30(8-12-39-13-9-30)17-28(37-25)41-23-7-11-40-18-23/h2-6,10,14-16,23H,7-9,11-13,17-18H2,1H3,(H,36,38)/t23-/m0/s1. The maximum atomic E-state index is 13.1. The normalized spacial score (nSPS) is 19.8. The van der Waals surface area contributed by atoms with Gasteiger partial charge in [0.15, 0.2) is 5.90 Å². The summed E-state index contributed by atoms with van der Waals surface area (Å²) in [7, 11) is 0. The lowest BCUT2D eigenvalue weighted by atomic mass is 9.90. The maximum absolute atomic E-state index is 13.1. The Labute approximate surface area is 240 Å². The number of nitrogens with zero attached hydrogens (tertiary/aromatic N) is 2. The number of benzene rings is 2. The molecule has 3 aliphatic heterocycles. The molecule has 42 heavy (non-hydrogen) atoms. The highest BCUT2D eigenvalue weighted by Crippen LogP contribution is 2.43. The number of hydrogen-bond donors (Lipinski definition) is 1. The van der Waals surface area contributed by atoms with Gasteiger partial charge >= 0.3 is 6.18 Å². The van der Waals surface area contributed by atoms with Crippen LogP contribution in [0.25, 0.3) is 11.1 Å². The number of anilines is 1. The Kier molecular flexibility index (Phi) is 7.63. The Morgan fingerprint density at radius 3 is 2.64 bits per heavy atom. The number of pyridine rings is 1. The van der Waals surface area contributed by atoms with Crippen LogP contribution < -0.4 is 10.1 Å². The first-order chi connectivity index (χ1) is 20.2. The van der Waals surface area contributed by atoms with Gasteiger partial charge in [0.2, 0.25) is 0 Å². The van der Waals surface area contributed by atoms with Crippen molar-refractivity contribution < 1.29 is 36.9 Å². The first-order valence-corrected chi connectivity index (χ1v) is 13.9. The molecule has 0 aliphatic carbocycles. The second-order valence-corrected chi connectivity index (χ2v) is 10.8. The van der Waals surface area contributed by atoms with Crippen molar-refractivity contribution >= 4 is 23.2 Å². The SMILES string of the molecule is Cc1ccc(NC(=O)c2ccnc(C(F)(F)F)c2)cc1-c1ccc2c(c1)OC1(CCOCC1)CC(O[C@H]1CCOC1)=N2. The van der Waals surface area contributed by atoms with E-state index in [1.54, 1.807) is 12.1 Å². The van der Waals surface area contributed by atoms with Crippen LogP contribution in [0.3, 0.4) is 0 Å². The Morgan fingerprint density at radius 2 is 1.88 bits per heavy atom. The number of amides is 1. The first kappa shape index (κ1) is 28.2. The minimum Gasteiger partial charge on any atom is -0.484 e. The zero-order valence-electron chi connectivity index (χ0n) is 23.0. The number of fused-ring (bicyclic) bond motifs is 1. The van der Waals surface area contributed by atoms with E-state index in [2.05, 4.69) is 10.3 Å². The molecule has 0 saturated carbocycles. The summed E-state index contributed by atoms with van der Waals surface area (Å²) in [5.74, 6) is 0.588. The number of alkyl halides is 3. The second-order valence-electron chi connectivity index (χ2n) is 10.8. The molecule has 3 aliphatic rings. The average molecular weight is 582 g/mol. The summed E-state index contributed by atoms with van der Waals surface area (Å²) < 4.78 is 63.3. The molecule has 3 aromatic rings. The largest absolute Gasteiger partial charge is 0.484 e. The van der Waals surface area contributed by atoms with E-state index in [4.69, 9.17) is 23.9 Å². The van der Waals surface area contributed by atoms with Crippen LogP contribution in [0, 0.1) is 6.92 Å². The molecule has 2 saturated heterocycles. The molecule has 2 aromatic carbocycles. The van der Waals surface area contributed by atoms with Gasteiger partial charge in [-0.3, -0.25) is 9.78 Å². The summed E-state index contributed by atoms with van der Waals surface area (Å²) in [5, 5.41) is 2.71. The first-order valence-electron chi connectivity index (χ1n) is 13.9. The quantitative estimate of drug-likeness (QED) is 0.379. The number of carbonyl (C=O) groups is 1. The summed E-state index contributed by atoms with van der Waals surface area (Å²) in [6.07, 6.45) is -0.959. The van der Waals surface area contributed by atoms with E-state index in [-0.39, 0.29) is 11.7 Å². The third-order valence-electron chi connectivity index (χ3n) is 7.72. The molecule has 1 spiro atoms. The van der Waals surface area contributed by atoms with Gasteiger partial charge < -0.3 is 24.3 Å². The molecule has 11 heteroatoms. The van der Waals surface area contributed by atoms with Crippen LogP contribution in [0.5, 0.6) is 5.75 Å². The molecule has 0 unspecified atom stereocenters. The summed E-state index contributed by atoms with van der Waals surface area (Å²) in [5.41, 5.74) is 1.95. The second kappa shape index (κ2) is 11.4. The maximum Gasteiger partial charge on any atom is 0.433 e. The van der Waals surface area contributed by atoms with Gasteiger partial charge in [-0.25, -0.2) is 4.99 Å². The number of hydrogen-bond acceptors (Lipinski definition) is 7. The number of halogens is 3. The van der Waals surface area contributed by atoms with Crippen molar-refractivity contribution in [2.45, 2.75) is 50.5 Å². The fourth-order valence-electron chi connectivity index (χ4n) is 5.40. The Morgan fingerprint density at radius 1 is 1.05 bits per heavy atom. The van der Waals surface area contributed by atoms with Crippen molar-refractivity contribution in [3.05, 3.63) is 71.5 Å². The third-order valence-corrected chi connectivity index (χ3v) is 7.72. The van der Waals surface area contributed by atoms with Crippen LogP contribution in [0.4, 0.5) is 24.5 Å². The van der Waals surface area contributed by atoms with E-state index in [0.29, 0.717) is 68.7 Å². The molecule has 220 valence electrons. The fraction of sp³-hybridized carbons (Fsp3) is 0.387. The average Bonchev–Trinajstić information content (AvgIpc) is 3.43. The Bertz CT molecular complexity index is 1510. The van der Waals surface area contributed by atoms with Gasteiger partial charge in [0.1, 0.15) is 28.8 Å². The highest BCUT2D eigenvalue weighted by molar-refractivity contribution is 6.04. The van der Waals surface area contributed by atoms with E-state index in [9.17, 15) is 18.0 Å². The molecule has 1 N–H and O–H groups in total. The lowest BCUT2D eigenvalue weighted by Gasteiger charge is -2.37. The van der Waals surface area contributed by atoms with E-state index < -0.39 is 23.4 Å². The van der Waals surface area contributed by atoms with Crippen molar-refractivity contribution in [3.63, 3.8) is 0 Å². The molecule has 6 rings (SSSR count). The van der Waals surface area contributed by atoms with Crippen LogP contribution in [-0.4, -0.2) is 54.9 Å². The molecule has 2 fully saturated rings. The molecule has 4 heterocycles. The Balaban J connectivity index is 1.29. The van der Waals surface area contributed by atoms with Crippen LogP contribution in [0.1, 0.15) is 47.3 Å².